The van der Waals surface area contributed by atoms with Gasteiger partial charge in [-0.2, -0.15) is 0 Å². The molecule has 17 heavy (non-hydrogen) atoms. The van der Waals surface area contributed by atoms with Crippen LogP contribution in [0.25, 0.3) is 0 Å². The summed E-state index contributed by atoms with van der Waals surface area (Å²) in [5.41, 5.74) is 1.05. The fourth-order valence-corrected chi connectivity index (χ4v) is 2.09. The molecule has 1 atom stereocenters. The first-order valence-corrected chi connectivity index (χ1v) is 7.58. The summed E-state index contributed by atoms with van der Waals surface area (Å²) in [5.74, 6) is 0. The van der Waals surface area contributed by atoms with Gasteiger partial charge in [-0.25, -0.2) is 0 Å². The van der Waals surface area contributed by atoms with Crippen molar-refractivity contribution in [2.75, 3.05) is 0 Å². The Morgan fingerprint density at radius 1 is 0.882 bits per heavy atom. The minimum atomic E-state index is -0.252. The number of unbranched alkanes of at least 4 members (excludes halogenated alkanes) is 7. The molecule has 0 amide bonds. The van der Waals surface area contributed by atoms with Crippen LogP contribution in [0.4, 0.5) is 0 Å². The van der Waals surface area contributed by atoms with Crippen molar-refractivity contribution in [2.24, 2.45) is 0 Å². The summed E-state index contributed by atoms with van der Waals surface area (Å²) in [6.07, 6.45) is 13.0. The van der Waals surface area contributed by atoms with E-state index in [0.717, 1.165) is 24.8 Å². The molecule has 0 rings (SSSR count). The summed E-state index contributed by atoms with van der Waals surface area (Å²) >= 11 is 0. The first kappa shape index (κ1) is 16.7. The summed E-state index contributed by atoms with van der Waals surface area (Å²) in [5, 5.41) is 9.93. The van der Waals surface area contributed by atoms with Crippen LogP contribution in [0.15, 0.2) is 12.2 Å². The molecule has 0 saturated carbocycles. The van der Waals surface area contributed by atoms with Crippen LogP contribution in [0.2, 0.25) is 0 Å². The zero-order chi connectivity index (χ0) is 12.9. The van der Waals surface area contributed by atoms with E-state index in [1.165, 1.54) is 51.4 Å². The van der Waals surface area contributed by atoms with Crippen molar-refractivity contribution in [1.82, 2.24) is 0 Å². The zero-order valence-electron chi connectivity index (χ0n) is 12.0. The molecular weight excluding hydrogens is 208 g/mol. The van der Waals surface area contributed by atoms with E-state index in [0.29, 0.717) is 0 Å². The second-order valence-electron chi connectivity index (χ2n) is 5.19. The maximum atomic E-state index is 9.93. The molecule has 1 N–H and O–H groups in total. The highest BCUT2D eigenvalue weighted by Gasteiger charge is 2.07. The molecule has 1 nitrogen and oxygen atoms in total. The van der Waals surface area contributed by atoms with Gasteiger partial charge in [0.15, 0.2) is 0 Å². The Balaban J connectivity index is 3.40. The molecular formula is C16H32O. The van der Waals surface area contributed by atoms with Crippen LogP contribution in [0.1, 0.15) is 84.5 Å². The molecule has 0 spiro atoms. The molecule has 0 aromatic rings. The molecule has 0 aliphatic carbocycles. The Hall–Kier alpha value is -0.300. The highest BCUT2D eigenvalue weighted by atomic mass is 16.3. The molecule has 1 heteroatoms. The summed E-state index contributed by atoms with van der Waals surface area (Å²) in [4.78, 5) is 0. The van der Waals surface area contributed by atoms with Gasteiger partial charge in [0.2, 0.25) is 0 Å². The zero-order valence-corrected chi connectivity index (χ0v) is 12.0. The van der Waals surface area contributed by atoms with E-state index in [2.05, 4.69) is 20.4 Å². The van der Waals surface area contributed by atoms with Crippen LogP contribution in [0.5, 0.6) is 0 Å². The number of hydrogen-bond donors (Lipinski definition) is 1. The number of hydrogen-bond acceptors (Lipinski definition) is 1. The van der Waals surface area contributed by atoms with Gasteiger partial charge in [0.05, 0.1) is 6.10 Å². The smallest absolute Gasteiger partial charge is 0.0747 e. The molecule has 0 aromatic heterocycles. The maximum Gasteiger partial charge on any atom is 0.0747 e. The maximum absolute atomic E-state index is 9.93. The lowest BCUT2D eigenvalue weighted by Gasteiger charge is -2.13. The van der Waals surface area contributed by atoms with E-state index in [9.17, 15) is 5.11 Å². The quantitative estimate of drug-likeness (QED) is 0.365. The fraction of sp³-hybridized carbons (Fsp3) is 0.875. The van der Waals surface area contributed by atoms with E-state index in [1.54, 1.807) is 0 Å². The molecule has 0 bridgehead atoms. The van der Waals surface area contributed by atoms with Crippen molar-refractivity contribution in [3.8, 4) is 0 Å². The number of aliphatic hydroxyl groups is 1. The lowest BCUT2D eigenvalue weighted by Crippen LogP contribution is -2.09. The minimum Gasteiger partial charge on any atom is -0.389 e. The second kappa shape index (κ2) is 12.2. The lowest BCUT2D eigenvalue weighted by atomic mass is 9.99. The molecule has 0 heterocycles. The highest BCUT2D eigenvalue weighted by Crippen LogP contribution is 2.16. The molecule has 0 aromatic carbocycles. The van der Waals surface area contributed by atoms with Crippen molar-refractivity contribution in [3.05, 3.63) is 12.2 Å². The minimum absolute atomic E-state index is 0.252. The third kappa shape index (κ3) is 10.6. The molecule has 0 aliphatic heterocycles. The number of aliphatic hydroxyl groups excluding tert-OH is 1. The SMILES string of the molecule is C=C(CCCCCC)C(O)CCCCCCC. The first-order chi connectivity index (χ1) is 8.22. The summed E-state index contributed by atoms with van der Waals surface area (Å²) in [6.45, 7) is 8.47. The van der Waals surface area contributed by atoms with Gasteiger partial charge in [-0.1, -0.05) is 71.8 Å². The molecule has 0 saturated heterocycles. The Kier molecular flexibility index (Phi) is 12.0. The van der Waals surface area contributed by atoms with Gasteiger partial charge < -0.3 is 5.11 Å². The van der Waals surface area contributed by atoms with Crippen LogP contribution in [0, 0.1) is 0 Å². The van der Waals surface area contributed by atoms with Gasteiger partial charge in [-0.3, -0.25) is 0 Å². The van der Waals surface area contributed by atoms with E-state index in [1.807, 2.05) is 0 Å². The van der Waals surface area contributed by atoms with Gasteiger partial charge in [-0.15, -0.1) is 0 Å². The van der Waals surface area contributed by atoms with E-state index in [4.69, 9.17) is 0 Å². The second-order valence-corrected chi connectivity index (χ2v) is 5.19. The summed E-state index contributed by atoms with van der Waals surface area (Å²) < 4.78 is 0. The van der Waals surface area contributed by atoms with Crippen LogP contribution >= 0.6 is 0 Å². The average Bonchev–Trinajstić information content (AvgIpc) is 2.34. The average molecular weight is 240 g/mol. The molecule has 1 unspecified atom stereocenters. The van der Waals surface area contributed by atoms with Crippen LogP contribution in [-0.4, -0.2) is 11.2 Å². The fourth-order valence-electron chi connectivity index (χ4n) is 2.09. The van der Waals surface area contributed by atoms with Crippen molar-refractivity contribution in [3.63, 3.8) is 0 Å². The first-order valence-electron chi connectivity index (χ1n) is 7.58. The van der Waals surface area contributed by atoms with Crippen molar-refractivity contribution >= 4 is 0 Å². The lowest BCUT2D eigenvalue weighted by molar-refractivity contribution is 0.191. The Morgan fingerprint density at radius 3 is 2.00 bits per heavy atom. The van der Waals surface area contributed by atoms with Gasteiger partial charge >= 0.3 is 0 Å². The normalized spacial score (nSPS) is 12.6. The molecule has 0 fully saturated rings. The molecule has 102 valence electrons. The standard InChI is InChI=1S/C16H32O/c1-4-6-8-10-12-14-16(17)15(3)13-11-9-7-5-2/h16-17H,3-14H2,1-2H3. The predicted molar refractivity (Wildman–Crippen MR) is 77.3 cm³/mol. The van der Waals surface area contributed by atoms with E-state index < -0.39 is 0 Å². The van der Waals surface area contributed by atoms with E-state index >= 15 is 0 Å². The topological polar surface area (TPSA) is 20.2 Å². The third-order valence-electron chi connectivity index (χ3n) is 3.40. The van der Waals surface area contributed by atoms with Crippen LogP contribution < -0.4 is 0 Å². The Bertz CT molecular complexity index is 174. The van der Waals surface area contributed by atoms with Gasteiger partial charge in [0, 0.05) is 0 Å². The van der Waals surface area contributed by atoms with Gasteiger partial charge in [0.1, 0.15) is 0 Å². The van der Waals surface area contributed by atoms with E-state index in [-0.39, 0.29) is 6.10 Å². The van der Waals surface area contributed by atoms with Gasteiger partial charge in [-0.05, 0) is 24.8 Å². The van der Waals surface area contributed by atoms with Crippen molar-refractivity contribution < 1.29 is 5.11 Å². The Labute approximate surface area is 108 Å². The highest BCUT2D eigenvalue weighted by molar-refractivity contribution is 5.01. The molecule has 0 aliphatic rings. The Morgan fingerprint density at radius 2 is 1.41 bits per heavy atom. The number of rotatable bonds is 12. The monoisotopic (exact) mass is 240 g/mol. The summed E-state index contributed by atoms with van der Waals surface area (Å²) in [7, 11) is 0. The summed E-state index contributed by atoms with van der Waals surface area (Å²) in [6, 6.07) is 0. The van der Waals surface area contributed by atoms with Crippen LogP contribution in [-0.2, 0) is 0 Å². The largest absolute Gasteiger partial charge is 0.389 e. The van der Waals surface area contributed by atoms with Crippen LogP contribution in [0.3, 0.4) is 0 Å². The molecule has 0 radical (unpaired) electrons. The predicted octanol–water partition coefficient (Wildman–Crippen LogP) is 5.23. The third-order valence-corrected chi connectivity index (χ3v) is 3.40. The van der Waals surface area contributed by atoms with Crippen molar-refractivity contribution in [1.29, 1.82) is 0 Å². The van der Waals surface area contributed by atoms with Gasteiger partial charge in [0.25, 0.3) is 0 Å². The van der Waals surface area contributed by atoms with Crippen molar-refractivity contribution in [2.45, 2.75) is 90.6 Å².